The zero-order valence-electron chi connectivity index (χ0n) is 16.6. The molecule has 2 amide bonds. The molecule has 2 saturated heterocycles. The monoisotopic (exact) mass is 471 g/mol. The Morgan fingerprint density at radius 3 is 2.53 bits per heavy atom. The Kier molecular flexibility index (Phi) is 7.36. The molecule has 12 heteroatoms. The number of nitrogens with zero attached hydrogens (tertiary/aromatic N) is 1. The first-order chi connectivity index (χ1) is 15.2. The predicted molar refractivity (Wildman–Crippen MR) is 111 cm³/mol. The standard InChI is InChI=1S/C18H19N3O3S.C2HF3O2/c22-17(16-8-7-15(25-16)13-5-3-9-19-13)20-12-4-1-2-6-14(12)21-10-11-24-18(21)23;3-2(4,5)1(6)7/h1-2,4,6-8,13,19H,3,5,9-11H2,(H,20,22);(H,6,7). The number of cyclic esters (lactones) is 1. The van der Waals surface area contributed by atoms with E-state index in [1.807, 2.05) is 30.3 Å². The van der Waals surface area contributed by atoms with Gasteiger partial charge in [0, 0.05) is 10.9 Å². The molecule has 1 unspecified atom stereocenters. The highest BCUT2D eigenvalue weighted by Gasteiger charge is 2.38. The third-order valence-electron chi connectivity index (χ3n) is 4.70. The number of thiophene rings is 1. The number of anilines is 2. The summed E-state index contributed by atoms with van der Waals surface area (Å²) in [5.74, 6) is -2.92. The van der Waals surface area contributed by atoms with Crippen LogP contribution in [0.3, 0.4) is 0 Å². The lowest BCUT2D eigenvalue weighted by molar-refractivity contribution is -0.192. The third-order valence-corrected chi connectivity index (χ3v) is 5.90. The quantitative estimate of drug-likeness (QED) is 0.622. The lowest BCUT2D eigenvalue weighted by atomic mass is 10.2. The van der Waals surface area contributed by atoms with Gasteiger partial charge in [0.2, 0.25) is 0 Å². The van der Waals surface area contributed by atoms with E-state index < -0.39 is 12.1 Å². The summed E-state index contributed by atoms with van der Waals surface area (Å²) in [4.78, 5) is 36.8. The zero-order chi connectivity index (χ0) is 23.3. The molecule has 1 atom stereocenters. The molecule has 8 nitrogen and oxygen atoms in total. The lowest BCUT2D eigenvalue weighted by Crippen LogP contribution is -2.25. The van der Waals surface area contributed by atoms with Crippen molar-refractivity contribution in [3.63, 3.8) is 0 Å². The van der Waals surface area contributed by atoms with Crippen molar-refractivity contribution < 1.29 is 37.4 Å². The molecule has 0 spiro atoms. The van der Waals surface area contributed by atoms with E-state index in [0.717, 1.165) is 13.0 Å². The molecule has 1 aromatic heterocycles. The van der Waals surface area contributed by atoms with Crippen LogP contribution in [0.1, 0.15) is 33.4 Å². The molecule has 0 bridgehead atoms. The number of carbonyl (C=O) groups excluding carboxylic acids is 2. The van der Waals surface area contributed by atoms with Crippen LogP contribution in [0.4, 0.5) is 29.3 Å². The van der Waals surface area contributed by atoms with Gasteiger partial charge in [-0.25, -0.2) is 9.59 Å². The molecule has 3 heterocycles. The Morgan fingerprint density at radius 1 is 1.22 bits per heavy atom. The number of aliphatic carboxylic acids is 1. The number of halogens is 3. The largest absolute Gasteiger partial charge is 0.490 e. The summed E-state index contributed by atoms with van der Waals surface area (Å²) in [6.45, 7) is 1.88. The van der Waals surface area contributed by atoms with Crippen molar-refractivity contribution in [2.45, 2.75) is 25.1 Å². The fourth-order valence-corrected chi connectivity index (χ4v) is 4.21. The highest BCUT2D eigenvalue weighted by atomic mass is 32.1. The van der Waals surface area contributed by atoms with Gasteiger partial charge in [-0.2, -0.15) is 13.2 Å². The Bertz CT molecular complexity index is 989. The van der Waals surface area contributed by atoms with E-state index in [-0.39, 0.29) is 12.0 Å². The number of amides is 2. The normalized spacial score (nSPS) is 18.0. The molecule has 2 aliphatic rings. The van der Waals surface area contributed by atoms with E-state index >= 15 is 0 Å². The number of carboxylic acid groups (broad SMARTS) is 1. The van der Waals surface area contributed by atoms with Crippen molar-refractivity contribution in [1.82, 2.24) is 5.32 Å². The van der Waals surface area contributed by atoms with Gasteiger partial charge in [0.05, 0.1) is 22.8 Å². The van der Waals surface area contributed by atoms with Gasteiger partial charge in [-0.15, -0.1) is 11.3 Å². The summed E-state index contributed by atoms with van der Waals surface area (Å²) < 4.78 is 36.7. The molecular weight excluding hydrogens is 451 g/mol. The summed E-state index contributed by atoms with van der Waals surface area (Å²) >= 11 is 1.52. The minimum Gasteiger partial charge on any atom is -0.475 e. The average Bonchev–Trinajstić information content (AvgIpc) is 3.49. The highest BCUT2D eigenvalue weighted by Crippen LogP contribution is 2.31. The van der Waals surface area contributed by atoms with Gasteiger partial charge in [-0.05, 0) is 43.7 Å². The maximum absolute atomic E-state index is 12.6. The van der Waals surface area contributed by atoms with E-state index in [1.165, 1.54) is 27.5 Å². The van der Waals surface area contributed by atoms with Crippen LogP contribution in [0.25, 0.3) is 0 Å². The van der Waals surface area contributed by atoms with E-state index in [2.05, 4.69) is 10.6 Å². The number of ether oxygens (including phenoxy) is 1. The summed E-state index contributed by atoms with van der Waals surface area (Å²) in [5, 5.41) is 13.5. The van der Waals surface area contributed by atoms with Crippen molar-refractivity contribution in [3.05, 3.63) is 46.2 Å². The zero-order valence-corrected chi connectivity index (χ0v) is 17.5. The first-order valence-electron chi connectivity index (χ1n) is 9.64. The van der Waals surface area contributed by atoms with Gasteiger partial charge >= 0.3 is 18.2 Å². The SMILES string of the molecule is O=C(Nc1ccccc1N1CCOC1=O)c1ccc(C2CCCN2)s1.O=C(O)C(F)(F)F. The molecule has 0 radical (unpaired) electrons. The molecular formula is C20H20F3N3O5S. The summed E-state index contributed by atoms with van der Waals surface area (Å²) in [6.07, 6.45) is -3.18. The second-order valence-corrected chi connectivity index (χ2v) is 8.01. The van der Waals surface area contributed by atoms with Gasteiger partial charge < -0.3 is 20.5 Å². The van der Waals surface area contributed by atoms with E-state index in [9.17, 15) is 22.8 Å². The minimum absolute atomic E-state index is 0.158. The molecule has 2 fully saturated rings. The van der Waals surface area contributed by atoms with Crippen molar-refractivity contribution >= 4 is 40.7 Å². The molecule has 0 saturated carbocycles. The number of benzene rings is 1. The number of carboxylic acids is 1. The molecule has 4 rings (SSSR count). The van der Waals surface area contributed by atoms with Gasteiger partial charge in [0.1, 0.15) is 6.61 Å². The van der Waals surface area contributed by atoms with E-state index in [1.54, 1.807) is 6.07 Å². The third kappa shape index (κ3) is 5.77. The predicted octanol–water partition coefficient (Wildman–Crippen LogP) is 4.01. The van der Waals surface area contributed by atoms with Crippen LogP contribution in [0.2, 0.25) is 0 Å². The number of para-hydroxylation sites is 2. The number of carbonyl (C=O) groups is 3. The summed E-state index contributed by atoms with van der Waals surface area (Å²) in [7, 11) is 0. The Morgan fingerprint density at radius 2 is 1.94 bits per heavy atom. The van der Waals surface area contributed by atoms with Gasteiger partial charge in [-0.1, -0.05) is 12.1 Å². The number of hydrogen-bond acceptors (Lipinski definition) is 6. The maximum Gasteiger partial charge on any atom is 0.490 e. The van der Waals surface area contributed by atoms with Crippen molar-refractivity contribution in [3.8, 4) is 0 Å². The van der Waals surface area contributed by atoms with Gasteiger partial charge in [0.15, 0.2) is 0 Å². The van der Waals surface area contributed by atoms with Crippen LogP contribution in [-0.2, 0) is 9.53 Å². The summed E-state index contributed by atoms with van der Waals surface area (Å²) in [5.41, 5.74) is 1.27. The van der Waals surface area contributed by atoms with Crippen molar-refractivity contribution in [2.75, 3.05) is 29.9 Å². The Balaban J connectivity index is 0.000000360. The van der Waals surface area contributed by atoms with Gasteiger partial charge in [0.25, 0.3) is 5.91 Å². The number of rotatable bonds is 4. The smallest absolute Gasteiger partial charge is 0.475 e. The highest BCUT2D eigenvalue weighted by molar-refractivity contribution is 7.14. The summed E-state index contributed by atoms with van der Waals surface area (Å²) in [6, 6.07) is 11.5. The number of hydrogen-bond donors (Lipinski definition) is 3. The van der Waals surface area contributed by atoms with Crippen LogP contribution in [0.15, 0.2) is 36.4 Å². The molecule has 32 heavy (non-hydrogen) atoms. The Labute approximate surface area is 185 Å². The van der Waals surface area contributed by atoms with Crippen LogP contribution in [0, 0.1) is 0 Å². The topological polar surface area (TPSA) is 108 Å². The van der Waals surface area contributed by atoms with E-state index in [0.29, 0.717) is 35.4 Å². The molecule has 2 aliphatic heterocycles. The van der Waals surface area contributed by atoms with Crippen LogP contribution < -0.4 is 15.5 Å². The molecule has 3 N–H and O–H groups in total. The molecule has 172 valence electrons. The number of alkyl halides is 3. The fraction of sp³-hybridized carbons (Fsp3) is 0.350. The maximum atomic E-state index is 12.6. The second kappa shape index (κ2) is 10.0. The molecule has 1 aromatic carbocycles. The van der Waals surface area contributed by atoms with Crippen LogP contribution in [0.5, 0.6) is 0 Å². The Hall–Kier alpha value is -3.12. The first kappa shape index (κ1) is 23.5. The number of nitrogens with one attached hydrogen (secondary N) is 2. The second-order valence-electron chi connectivity index (χ2n) is 6.89. The van der Waals surface area contributed by atoms with Crippen LogP contribution >= 0.6 is 11.3 Å². The first-order valence-corrected chi connectivity index (χ1v) is 10.5. The average molecular weight is 471 g/mol. The fourth-order valence-electron chi connectivity index (χ4n) is 3.20. The lowest BCUT2D eigenvalue weighted by Gasteiger charge is -2.17. The van der Waals surface area contributed by atoms with Gasteiger partial charge in [-0.3, -0.25) is 9.69 Å². The van der Waals surface area contributed by atoms with Crippen LogP contribution in [-0.4, -0.2) is 48.9 Å². The molecule has 0 aliphatic carbocycles. The van der Waals surface area contributed by atoms with Crippen molar-refractivity contribution in [1.29, 1.82) is 0 Å². The molecule has 2 aromatic rings. The minimum atomic E-state index is -5.08. The van der Waals surface area contributed by atoms with E-state index in [4.69, 9.17) is 14.6 Å². The van der Waals surface area contributed by atoms with Crippen molar-refractivity contribution in [2.24, 2.45) is 0 Å².